The van der Waals surface area contributed by atoms with E-state index < -0.39 is 23.1 Å². The maximum atomic E-state index is 14.6. The lowest BCUT2D eigenvalue weighted by Crippen LogP contribution is -2.28. The number of aromatic nitrogens is 2. The highest BCUT2D eigenvalue weighted by Gasteiger charge is 2.23. The van der Waals surface area contributed by atoms with Crippen LogP contribution in [-0.2, 0) is 6.42 Å². The molecule has 0 aliphatic heterocycles. The summed E-state index contributed by atoms with van der Waals surface area (Å²) in [5.74, 6) is -2.46. The number of nitrogens with zero attached hydrogens (tertiary/aromatic N) is 3. The number of nitrogens with one attached hydrogen (secondary N) is 1. The largest absolute Gasteiger partial charge is 0.354 e. The number of halogens is 2. The zero-order valence-corrected chi connectivity index (χ0v) is 14.6. The second kappa shape index (κ2) is 6.65. The van der Waals surface area contributed by atoms with E-state index in [2.05, 4.69) is 10.3 Å². The molecule has 9 heteroatoms. The number of rotatable bonds is 3. The Balaban J connectivity index is 2.19. The van der Waals surface area contributed by atoms with Crippen LogP contribution in [0.15, 0.2) is 23.0 Å². The highest BCUT2D eigenvalue weighted by atomic mass is 32.1. The van der Waals surface area contributed by atoms with Crippen molar-refractivity contribution in [2.75, 3.05) is 7.05 Å². The third-order valence-electron chi connectivity index (χ3n) is 3.87. The van der Waals surface area contributed by atoms with E-state index in [1.807, 2.05) is 0 Å². The Kier molecular flexibility index (Phi) is 4.52. The number of nitriles is 1. The Hall–Kier alpha value is -3.12. The third kappa shape index (κ3) is 2.74. The summed E-state index contributed by atoms with van der Waals surface area (Å²) >= 11 is 1.06. The van der Waals surface area contributed by atoms with Crippen LogP contribution in [0.4, 0.5) is 8.78 Å². The quantitative estimate of drug-likeness (QED) is 0.761. The Labute approximate surface area is 150 Å². The van der Waals surface area contributed by atoms with Crippen molar-refractivity contribution in [1.82, 2.24) is 14.7 Å². The molecule has 0 aliphatic carbocycles. The number of benzene rings is 1. The Morgan fingerprint density at radius 2 is 2.12 bits per heavy atom. The lowest BCUT2D eigenvalue weighted by molar-refractivity contribution is 0.0956. The van der Waals surface area contributed by atoms with Crippen LogP contribution < -0.4 is 10.9 Å². The minimum Gasteiger partial charge on any atom is -0.354 e. The summed E-state index contributed by atoms with van der Waals surface area (Å²) in [7, 11) is 1.40. The predicted octanol–water partition coefficient (Wildman–Crippen LogP) is 2.16. The van der Waals surface area contributed by atoms with Gasteiger partial charge in [-0.3, -0.25) is 9.59 Å². The zero-order chi connectivity index (χ0) is 19.0. The van der Waals surface area contributed by atoms with E-state index in [0.717, 1.165) is 15.7 Å². The molecule has 2 aromatic heterocycles. The first kappa shape index (κ1) is 17.7. The maximum Gasteiger partial charge on any atom is 0.295 e. The van der Waals surface area contributed by atoms with E-state index in [-0.39, 0.29) is 33.9 Å². The summed E-state index contributed by atoms with van der Waals surface area (Å²) in [5.41, 5.74) is -1.36. The van der Waals surface area contributed by atoms with Gasteiger partial charge in [0.15, 0.2) is 4.96 Å². The number of carbonyl (C=O) groups excluding carboxylic acids is 1. The first-order valence-electron chi connectivity index (χ1n) is 7.49. The SMILES string of the molecule is CNC(=O)c1c(C)sc2nc(Cc3cccc(C#N)c3F)c(F)c(=O)n12. The van der Waals surface area contributed by atoms with Crippen LogP contribution in [-0.4, -0.2) is 22.3 Å². The van der Waals surface area contributed by atoms with Gasteiger partial charge in [0.05, 0.1) is 11.3 Å². The van der Waals surface area contributed by atoms with Crippen LogP contribution in [0.25, 0.3) is 4.96 Å². The standard InChI is InChI=1S/C17H12F2N4O2S/c1-8-14(15(24)21-2)23-16(25)13(19)11(22-17(23)26-8)6-9-4-3-5-10(7-20)12(9)18/h3-5H,6H2,1-2H3,(H,21,24). The minimum absolute atomic E-state index is 0.0214. The van der Waals surface area contributed by atoms with E-state index in [1.165, 1.54) is 25.2 Å². The van der Waals surface area contributed by atoms with Crippen molar-refractivity contribution in [2.45, 2.75) is 13.3 Å². The molecule has 1 N–H and O–H groups in total. The van der Waals surface area contributed by atoms with Gasteiger partial charge in [-0.15, -0.1) is 11.3 Å². The van der Waals surface area contributed by atoms with E-state index in [4.69, 9.17) is 5.26 Å². The van der Waals surface area contributed by atoms with Crippen molar-refractivity contribution < 1.29 is 13.6 Å². The second-order valence-corrected chi connectivity index (χ2v) is 6.63. The fourth-order valence-electron chi connectivity index (χ4n) is 2.61. The van der Waals surface area contributed by atoms with Crippen LogP contribution in [0, 0.1) is 29.9 Å². The molecular formula is C17H12F2N4O2S. The second-order valence-electron chi connectivity index (χ2n) is 5.45. The molecule has 0 spiro atoms. The van der Waals surface area contributed by atoms with Gasteiger partial charge in [-0.25, -0.2) is 13.8 Å². The highest BCUT2D eigenvalue weighted by Crippen LogP contribution is 2.22. The van der Waals surface area contributed by atoms with Crippen LogP contribution in [0.3, 0.4) is 0 Å². The molecule has 1 amide bonds. The van der Waals surface area contributed by atoms with Gasteiger partial charge in [-0.05, 0) is 18.6 Å². The molecule has 3 rings (SSSR count). The van der Waals surface area contributed by atoms with Crippen LogP contribution in [0.5, 0.6) is 0 Å². The molecule has 132 valence electrons. The molecule has 0 bridgehead atoms. The predicted molar refractivity (Wildman–Crippen MR) is 91.3 cm³/mol. The van der Waals surface area contributed by atoms with Gasteiger partial charge >= 0.3 is 0 Å². The Bertz CT molecular complexity index is 1140. The van der Waals surface area contributed by atoms with Crippen molar-refractivity contribution >= 4 is 22.2 Å². The number of fused-ring (bicyclic) bond motifs is 1. The van der Waals surface area contributed by atoms with Gasteiger partial charge in [-0.2, -0.15) is 9.65 Å². The highest BCUT2D eigenvalue weighted by molar-refractivity contribution is 7.17. The van der Waals surface area contributed by atoms with E-state index >= 15 is 0 Å². The van der Waals surface area contributed by atoms with Crippen molar-refractivity contribution in [1.29, 1.82) is 5.26 Å². The molecule has 0 unspecified atom stereocenters. The van der Waals surface area contributed by atoms with E-state index in [0.29, 0.717) is 4.88 Å². The number of hydrogen-bond acceptors (Lipinski definition) is 5. The molecule has 2 heterocycles. The summed E-state index contributed by atoms with van der Waals surface area (Å²) < 4.78 is 29.7. The number of aryl methyl sites for hydroxylation is 1. The average molecular weight is 374 g/mol. The van der Waals surface area contributed by atoms with Gasteiger partial charge in [0.1, 0.15) is 17.6 Å². The summed E-state index contributed by atoms with van der Waals surface area (Å²) in [6.07, 6.45) is -0.287. The first-order valence-corrected chi connectivity index (χ1v) is 8.30. The lowest BCUT2D eigenvalue weighted by Gasteiger charge is -2.06. The van der Waals surface area contributed by atoms with Crippen molar-refractivity contribution in [3.63, 3.8) is 0 Å². The smallest absolute Gasteiger partial charge is 0.295 e. The zero-order valence-electron chi connectivity index (χ0n) is 13.8. The number of thiazole rings is 1. The maximum absolute atomic E-state index is 14.6. The van der Waals surface area contributed by atoms with Crippen LogP contribution >= 0.6 is 11.3 Å². The molecule has 3 aromatic rings. The van der Waals surface area contributed by atoms with E-state index in [9.17, 15) is 18.4 Å². The summed E-state index contributed by atoms with van der Waals surface area (Å²) in [6, 6.07) is 5.88. The van der Waals surface area contributed by atoms with Crippen LogP contribution in [0.2, 0.25) is 0 Å². The monoisotopic (exact) mass is 374 g/mol. The molecule has 0 aliphatic rings. The Morgan fingerprint density at radius 1 is 1.38 bits per heavy atom. The molecule has 6 nitrogen and oxygen atoms in total. The average Bonchev–Trinajstić information content (AvgIpc) is 2.96. The van der Waals surface area contributed by atoms with Gasteiger partial charge in [0.2, 0.25) is 5.82 Å². The van der Waals surface area contributed by atoms with Gasteiger partial charge in [0.25, 0.3) is 11.5 Å². The van der Waals surface area contributed by atoms with Crippen LogP contribution in [0.1, 0.15) is 32.2 Å². The molecule has 26 heavy (non-hydrogen) atoms. The fourth-order valence-corrected chi connectivity index (χ4v) is 3.59. The lowest BCUT2D eigenvalue weighted by atomic mass is 10.1. The topological polar surface area (TPSA) is 87.3 Å². The van der Waals surface area contributed by atoms with Crippen molar-refractivity contribution in [2.24, 2.45) is 0 Å². The molecule has 0 radical (unpaired) electrons. The Morgan fingerprint density at radius 3 is 2.77 bits per heavy atom. The summed E-state index contributed by atoms with van der Waals surface area (Å²) in [6.45, 7) is 1.62. The molecular weight excluding hydrogens is 362 g/mol. The molecule has 0 atom stereocenters. The van der Waals surface area contributed by atoms with Gasteiger partial charge < -0.3 is 5.32 Å². The molecule has 0 saturated heterocycles. The molecule has 1 aromatic carbocycles. The fraction of sp³-hybridized carbons (Fsp3) is 0.176. The van der Waals surface area contributed by atoms with Gasteiger partial charge in [-0.1, -0.05) is 12.1 Å². The normalized spacial score (nSPS) is 10.7. The minimum atomic E-state index is -1.16. The van der Waals surface area contributed by atoms with Crippen molar-refractivity contribution in [3.05, 3.63) is 67.6 Å². The summed E-state index contributed by atoms with van der Waals surface area (Å²) in [5, 5.41) is 11.3. The molecule has 0 fully saturated rings. The van der Waals surface area contributed by atoms with E-state index in [1.54, 1.807) is 13.0 Å². The number of carbonyl (C=O) groups is 1. The number of amides is 1. The summed E-state index contributed by atoms with van der Waals surface area (Å²) in [4.78, 5) is 29.1. The number of hydrogen-bond donors (Lipinski definition) is 1. The van der Waals surface area contributed by atoms with Gasteiger partial charge in [0, 0.05) is 18.3 Å². The van der Waals surface area contributed by atoms with Crippen molar-refractivity contribution in [3.8, 4) is 6.07 Å². The first-order chi connectivity index (χ1) is 12.4. The third-order valence-corrected chi connectivity index (χ3v) is 4.82. The molecule has 0 saturated carbocycles.